The molecule has 0 atom stereocenters. The Morgan fingerprint density at radius 2 is 1.69 bits per heavy atom. The highest BCUT2D eigenvalue weighted by molar-refractivity contribution is 6.38. The number of hydrogen-bond donors (Lipinski definition) is 0. The largest absolute Gasteiger partial charge is 0.417 e. The second-order valence-corrected chi connectivity index (χ2v) is 8.17. The molecule has 0 fully saturated rings. The highest BCUT2D eigenvalue weighted by atomic mass is 35.5. The van der Waals surface area contributed by atoms with Crippen LogP contribution in [0.4, 0.5) is 26.3 Å². The van der Waals surface area contributed by atoms with Gasteiger partial charge in [0.15, 0.2) is 17.5 Å². The Bertz CT molecular complexity index is 1640. The molecule has 0 N–H and O–H groups in total. The molecule has 0 amide bonds. The van der Waals surface area contributed by atoms with Gasteiger partial charge in [0.25, 0.3) is 0 Å². The third-order valence-corrected chi connectivity index (χ3v) is 6.13. The van der Waals surface area contributed by atoms with Gasteiger partial charge in [-0.25, -0.2) is 13.2 Å². The topological polar surface area (TPSA) is 39.3 Å². The van der Waals surface area contributed by atoms with Gasteiger partial charge in [-0.15, -0.1) is 0 Å². The summed E-state index contributed by atoms with van der Waals surface area (Å²) in [7, 11) is 1.49. The molecule has 3 heterocycles. The van der Waals surface area contributed by atoms with Crippen molar-refractivity contribution in [3.8, 4) is 11.1 Å². The van der Waals surface area contributed by atoms with Gasteiger partial charge in [0, 0.05) is 35.3 Å². The number of ketones is 1. The van der Waals surface area contributed by atoms with Gasteiger partial charge < -0.3 is 4.40 Å². The van der Waals surface area contributed by atoms with E-state index in [-0.39, 0.29) is 32.9 Å². The van der Waals surface area contributed by atoms with Gasteiger partial charge in [-0.05, 0) is 36.4 Å². The van der Waals surface area contributed by atoms with E-state index in [9.17, 15) is 31.1 Å². The van der Waals surface area contributed by atoms with Crippen LogP contribution < -0.4 is 0 Å². The molecule has 5 aromatic rings. The maximum Gasteiger partial charge on any atom is 0.417 e. The molecule has 2 aromatic carbocycles. The summed E-state index contributed by atoms with van der Waals surface area (Å²) in [5.74, 6) is -5.66. The molecule has 3 aromatic heterocycles. The molecule has 0 aliphatic rings. The summed E-state index contributed by atoms with van der Waals surface area (Å²) in [6.45, 7) is 0. The number of rotatable bonds is 3. The van der Waals surface area contributed by atoms with Crippen molar-refractivity contribution in [2.75, 3.05) is 0 Å². The molecular weight excluding hydrogens is 496 g/mol. The lowest BCUT2D eigenvalue weighted by atomic mass is 9.97. The number of aryl methyl sites for hydroxylation is 1. The van der Waals surface area contributed by atoms with Gasteiger partial charge in [-0.2, -0.15) is 18.3 Å². The van der Waals surface area contributed by atoms with Crippen LogP contribution in [0.15, 0.2) is 54.9 Å². The number of aromatic nitrogens is 3. The number of carbonyl (C=O) groups is 1. The van der Waals surface area contributed by atoms with Crippen LogP contribution in [0.3, 0.4) is 0 Å². The van der Waals surface area contributed by atoms with Crippen molar-refractivity contribution in [3.05, 3.63) is 94.2 Å². The number of carbonyl (C=O) groups excluding carboxylic acids is 1. The first kappa shape index (κ1) is 23.0. The minimum absolute atomic E-state index is 0.0751. The van der Waals surface area contributed by atoms with Gasteiger partial charge in [0.05, 0.1) is 33.5 Å². The standard InChI is InChI=1S/C24H12ClF6N3O/c1-33-19-9-14(24(29,30)31)20(21(25)13(19)10-32-33)12-3-2-6-34-17(12)4-5-18(34)23(35)11-7-15(26)22(28)16(27)8-11/h2-10H,1H3. The summed E-state index contributed by atoms with van der Waals surface area (Å²) >= 11 is 6.47. The van der Waals surface area contributed by atoms with Crippen LogP contribution in [0.1, 0.15) is 21.6 Å². The Kier molecular flexibility index (Phi) is 5.17. The van der Waals surface area contributed by atoms with Crippen LogP contribution in [0, 0.1) is 17.5 Å². The van der Waals surface area contributed by atoms with Crippen LogP contribution in [-0.2, 0) is 13.2 Å². The van der Waals surface area contributed by atoms with E-state index in [1.165, 1.54) is 52.8 Å². The predicted molar refractivity (Wildman–Crippen MR) is 117 cm³/mol. The molecule has 35 heavy (non-hydrogen) atoms. The molecule has 11 heteroatoms. The number of benzene rings is 2. The third-order valence-electron chi connectivity index (χ3n) is 5.74. The molecule has 0 aliphatic carbocycles. The van der Waals surface area contributed by atoms with E-state index in [4.69, 9.17) is 11.6 Å². The first-order valence-corrected chi connectivity index (χ1v) is 10.4. The van der Waals surface area contributed by atoms with Gasteiger partial charge in [0.1, 0.15) is 0 Å². The summed E-state index contributed by atoms with van der Waals surface area (Å²) in [6, 6.07) is 7.57. The average Bonchev–Trinajstić information content (AvgIpc) is 3.40. The molecule has 5 rings (SSSR count). The Morgan fingerprint density at radius 1 is 1.00 bits per heavy atom. The quantitative estimate of drug-likeness (QED) is 0.153. The van der Waals surface area contributed by atoms with Crippen molar-refractivity contribution < 1.29 is 31.1 Å². The molecule has 0 spiro atoms. The van der Waals surface area contributed by atoms with E-state index in [1.54, 1.807) is 0 Å². The molecule has 0 saturated carbocycles. The predicted octanol–water partition coefficient (Wildman–Crippen LogP) is 6.81. The minimum atomic E-state index is -4.77. The summed E-state index contributed by atoms with van der Waals surface area (Å²) in [4.78, 5) is 13.0. The van der Waals surface area contributed by atoms with Gasteiger partial charge >= 0.3 is 6.18 Å². The van der Waals surface area contributed by atoms with Crippen molar-refractivity contribution in [2.45, 2.75) is 6.18 Å². The van der Waals surface area contributed by atoms with Crippen LogP contribution in [0.5, 0.6) is 0 Å². The van der Waals surface area contributed by atoms with Crippen molar-refractivity contribution in [2.24, 2.45) is 7.05 Å². The minimum Gasteiger partial charge on any atom is -0.313 e. The number of hydrogen-bond acceptors (Lipinski definition) is 2. The van der Waals surface area contributed by atoms with E-state index < -0.39 is 40.5 Å². The zero-order valence-electron chi connectivity index (χ0n) is 17.6. The molecule has 0 unspecified atom stereocenters. The fourth-order valence-corrected chi connectivity index (χ4v) is 4.46. The number of pyridine rings is 1. The molecule has 4 nitrogen and oxygen atoms in total. The van der Waals surface area contributed by atoms with Crippen molar-refractivity contribution in [3.63, 3.8) is 0 Å². The van der Waals surface area contributed by atoms with Gasteiger partial charge in [0.2, 0.25) is 5.78 Å². The smallest absolute Gasteiger partial charge is 0.313 e. The van der Waals surface area contributed by atoms with Crippen LogP contribution >= 0.6 is 11.6 Å². The third kappa shape index (κ3) is 3.56. The monoisotopic (exact) mass is 507 g/mol. The fraction of sp³-hybridized carbons (Fsp3) is 0.0833. The molecule has 178 valence electrons. The van der Waals surface area contributed by atoms with Crippen molar-refractivity contribution in [1.82, 2.24) is 14.2 Å². The van der Waals surface area contributed by atoms with Gasteiger partial charge in [-0.1, -0.05) is 17.7 Å². The number of halogens is 7. The zero-order valence-corrected chi connectivity index (χ0v) is 18.3. The Hall–Kier alpha value is -3.79. The van der Waals surface area contributed by atoms with Crippen molar-refractivity contribution >= 4 is 33.8 Å². The van der Waals surface area contributed by atoms with E-state index >= 15 is 0 Å². The fourth-order valence-electron chi connectivity index (χ4n) is 4.11. The summed E-state index contributed by atoms with van der Waals surface area (Å²) < 4.78 is 85.5. The highest BCUT2D eigenvalue weighted by Crippen LogP contribution is 2.45. The SMILES string of the molecule is Cn1ncc2c(Cl)c(-c3cccn4c(C(=O)c5cc(F)c(F)c(F)c5)ccc34)c(C(F)(F)F)cc21. The van der Waals surface area contributed by atoms with Crippen molar-refractivity contribution in [1.29, 1.82) is 0 Å². The second-order valence-electron chi connectivity index (χ2n) is 7.79. The summed E-state index contributed by atoms with van der Waals surface area (Å²) in [5.41, 5.74) is -1.41. The first-order valence-electron chi connectivity index (χ1n) is 10.00. The van der Waals surface area contributed by atoms with Gasteiger partial charge in [-0.3, -0.25) is 9.48 Å². The first-order chi connectivity index (χ1) is 16.5. The lowest BCUT2D eigenvalue weighted by Crippen LogP contribution is -2.10. The number of nitrogens with zero attached hydrogens (tertiary/aromatic N) is 3. The van der Waals surface area contributed by atoms with E-state index in [2.05, 4.69) is 5.10 Å². The average molecular weight is 508 g/mol. The zero-order chi connectivity index (χ0) is 25.2. The Balaban J connectivity index is 1.75. The molecule has 0 bridgehead atoms. The Labute approximate surface area is 198 Å². The van der Waals surface area contributed by atoms with E-state index in [0.717, 1.165) is 6.07 Å². The second kappa shape index (κ2) is 7.88. The van der Waals surface area contributed by atoms with E-state index in [1.807, 2.05) is 0 Å². The van der Waals surface area contributed by atoms with Crippen LogP contribution in [0.2, 0.25) is 5.02 Å². The lowest BCUT2D eigenvalue weighted by molar-refractivity contribution is -0.137. The normalized spacial score (nSPS) is 12.1. The molecule has 0 aliphatic heterocycles. The van der Waals surface area contributed by atoms with Crippen LogP contribution in [0.25, 0.3) is 27.5 Å². The van der Waals surface area contributed by atoms with E-state index in [0.29, 0.717) is 17.5 Å². The summed E-state index contributed by atoms with van der Waals surface area (Å²) in [5, 5.41) is 4.12. The molecule has 0 saturated heterocycles. The number of alkyl halides is 3. The summed E-state index contributed by atoms with van der Waals surface area (Å²) in [6.07, 6.45) is -2.00. The lowest BCUT2D eigenvalue weighted by Gasteiger charge is -2.17. The van der Waals surface area contributed by atoms with Crippen LogP contribution in [-0.4, -0.2) is 20.0 Å². The highest BCUT2D eigenvalue weighted by Gasteiger charge is 2.37. The maximum atomic E-state index is 14.1. The number of fused-ring (bicyclic) bond motifs is 2. The maximum absolute atomic E-state index is 14.1. The molecule has 0 radical (unpaired) electrons. The molecular formula is C24H12ClF6N3O. The Morgan fingerprint density at radius 3 is 2.34 bits per heavy atom.